The number of halogens is 2. The van der Waals surface area contributed by atoms with Crippen LogP contribution in [0.1, 0.15) is 36.0 Å². The summed E-state index contributed by atoms with van der Waals surface area (Å²) >= 11 is 11.7. The molecule has 17 heavy (non-hydrogen) atoms. The van der Waals surface area contributed by atoms with E-state index in [0.29, 0.717) is 28.9 Å². The summed E-state index contributed by atoms with van der Waals surface area (Å²) in [6.45, 7) is 8.66. The number of aryl methyl sites for hydroxylation is 1. The Morgan fingerprint density at radius 3 is 2.41 bits per heavy atom. The maximum absolute atomic E-state index is 6.15. The molecular weight excluding hydrogens is 320 g/mol. The highest BCUT2D eigenvalue weighted by molar-refractivity contribution is 9.09. The SMILES string of the molecule is Cc1cc(C(Br)C2C(C)OC(C)C2C)sc1Cl. The Morgan fingerprint density at radius 2 is 2.00 bits per heavy atom. The molecule has 1 aromatic heterocycles. The first-order valence-corrected chi connectivity index (χ1v) is 8.08. The molecule has 0 aromatic carbocycles. The van der Waals surface area contributed by atoms with Gasteiger partial charge in [0.2, 0.25) is 0 Å². The van der Waals surface area contributed by atoms with Crippen LogP contribution in [0.25, 0.3) is 0 Å². The molecule has 0 bridgehead atoms. The minimum Gasteiger partial charge on any atom is -0.375 e. The van der Waals surface area contributed by atoms with Crippen LogP contribution < -0.4 is 0 Å². The van der Waals surface area contributed by atoms with Crippen molar-refractivity contribution in [3.63, 3.8) is 0 Å². The highest BCUT2D eigenvalue weighted by Gasteiger charge is 2.41. The molecule has 1 saturated heterocycles. The minimum absolute atomic E-state index is 0.297. The van der Waals surface area contributed by atoms with Crippen molar-refractivity contribution in [3.05, 3.63) is 20.8 Å². The number of hydrogen-bond donors (Lipinski definition) is 0. The molecule has 2 heterocycles. The molecule has 0 saturated carbocycles. The lowest BCUT2D eigenvalue weighted by Crippen LogP contribution is -2.21. The first-order valence-electron chi connectivity index (χ1n) is 5.97. The zero-order valence-electron chi connectivity index (χ0n) is 10.5. The number of alkyl halides is 1. The topological polar surface area (TPSA) is 9.23 Å². The first kappa shape index (κ1) is 13.9. The van der Waals surface area contributed by atoms with E-state index >= 15 is 0 Å². The predicted molar refractivity (Wildman–Crippen MR) is 78.4 cm³/mol. The first-order chi connectivity index (χ1) is 7.91. The van der Waals surface area contributed by atoms with Crippen molar-refractivity contribution in [2.24, 2.45) is 11.8 Å². The van der Waals surface area contributed by atoms with Gasteiger partial charge < -0.3 is 4.74 Å². The number of hydrogen-bond acceptors (Lipinski definition) is 2. The van der Waals surface area contributed by atoms with Crippen molar-refractivity contribution in [1.82, 2.24) is 0 Å². The van der Waals surface area contributed by atoms with Gasteiger partial charge in [-0.2, -0.15) is 0 Å². The van der Waals surface area contributed by atoms with Crippen LogP contribution in [0.5, 0.6) is 0 Å². The summed E-state index contributed by atoms with van der Waals surface area (Å²) in [5.41, 5.74) is 1.17. The van der Waals surface area contributed by atoms with E-state index in [1.54, 1.807) is 11.3 Å². The zero-order valence-corrected chi connectivity index (χ0v) is 13.7. The molecular formula is C13H18BrClOS. The largest absolute Gasteiger partial charge is 0.375 e. The maximum atomic E-state index is 6.15. The molecule has 2 rings (SSSR count). The van der Waals surface area contributed by atoms with Gasteiger partial charge in [0, 0.05) is 10.8 Å². The lowest BCUT2D eigenvalue weighted by atomic mass is 9.86. The maximum Gasteiger partial charge on any atom is 0.0960 e. The molecule has 0 spiro atoms. The molecule has 1 aliphatic rings. The number of rotatable bonds is 2. The van der Waals surface area contributed by atoms with Crippen LogP contribution in [-0.4, -0.2) is 12.2 Å². The number of thiophene rings is 1. The molecule has 1 aromatic rings. The average Bonchev–Trinajstić information content (AvgIpc) is 2.70. The van der Waals surface area contributed by atoms with Crippen LogP contribution in [0.3, 0.4) is 0 Å². The predicted octanol–water partition coefficient (Wildman–Crippen LogP) is 5.21. The van der Waals surface area contributed by atoms with Crippen molar-refractivity contribution < 1.29 is 4.74 Å². The fourth-order valence-corrected chi connectivity index (χ4v) is 5.19. The van der Waals surface area contributed by atoms with Crippen molar-refractivity contribution in [3.8, 4) is 0 Å². The Morgan fingerprint density at radius 1 is 1.35 bits per heavy atom. The highest BCUT2D eigenvalue weighted by atomic mass is 79.9. The Labute approximate surface area is 121 Å². The quantitative estimate of drug-likeness (QED) is 0.673. The zero-order chi connectivity index (χ0) is 12.7. The van der Waals surface area contributed by atoms with Crippen molar-refractivity contribution in [2.75, 3.05) is 0 Å². The van der Waals surface area contributed by atoms with Gasteiger partial charge in [-0.15, -0.1) is 11.3 Å². The molecule has 0 N–H and O–H groups in total. The van der Waals surface area contributed by atoms with Crippen molar-refractivity contribution >= 4 is 38.9 Å². The summed E-state index contributed by atoms with van der Waals surface area (Å²) in [5, 5.41) is 0. The lowest BCUT2D eigenvalue weighted by Gasteiger charge is -2.23. The van der Waals surface area contributed by atoms with Crippen LogP contribution >= 0.6 is 38.9 Å². The standard InChI is InChI=1S/C13H18BrClOS/c1-6-5-10(17-13(6)15)12(14)11-7(2)8(3)16-9(11)4/h5,7-9,11-12H,1-4H3. The van der Waals surface area contributed by atoms with E-state index in [1.807, 2.05) is 0 Å². The summed E-state index contributed by atoms with van der Waals surface area (Å²) in [4.78, 5) is 1.66. The van der Waals surface area contributed by atoms with E-state index in [1.165, 1.54) is 10.4 Å². The Balaban J connectivity index is 2.22. The average molecular weight is 338 g/mol. The second-order valence-electron chi connectivity index (χ2n) is 4.99. The van der Waals surface area contributed by atoms with E-state index in [4.69, 9.17) is 16.3 Å². The van der Waals surface area contributed by atoms with Gasteiger partial charge in [0.25, 0.3) is 0 Å². The molecule has 1 aliphatic heterocycles. The number of ether oxygens (including phenoxy) is 1. The van der Waals surface area contributed by atoms with Gasteiger partial charge in [0.1, 0.15) is 0 Å². The lowest BCUT2D eigenvalue weighted by molar-refractivity contribution is 0.0511. The smallest absolute Gasteiger partial charge is 0.0960 e. The fraction of sp³-hybridized carbons (Fsp3) is 0.692. The monoisotopic (exact) mass is 336 g/mol. The van der Waals surface area contributed by atoms with Gasteiger partial charge in [-0.1, -0.05) is 34.5 Å². The summed E-state index contributed by atoms with van der Waals surface area (Å²) in [6, 6.07) is 2.19. The molecule has 1 fully saturated rings. The third kappa shape index (κ3) is 2.58. The van der Waals surface area contributed by atoms with Crippen molar-refractivity contribution in [1.29, 1.82) is 0 Å². The highest BCUT2D eigenvalue weighted by Crippen LogP contribution is 2.47. The van der Waals surface area contributed by atoms with E-state index in [2.05, 4.69) is 49.7 Å². The fourth-order valence-electron chi connectivity index (χ4n) is 2.61. The van der Waals surface area contributed by atoms with Crippen LogP contribution in [0.4, 0.5) is 0 Å². The van der Waals surface area contributed by atoms with Gasteiger partial charge in [-0.05, 0) is 38.3 Å². The molecule has 4 heteroatoms. The van der Waals surface area contributed by atoms with Crippen molar-refractivity contribution in [2.45, 2.75) is 44.7 Å². The Kier molecular flexibility index (Phi) is 4.24. The third-order valence-electron chi connectivity index (χ3n) is 3.80. The van der Waals surface area contributed by atoms with Gasteiger partial charge in [-0.25, -0.2) is 0 Å². The molecule has 5 atom stereocenters. The normalized spacial score (nSPS) is 35.2. The minimum atomic E-state index is 0.297. The molecule has 0 amide bonds. The van der Waals surface area contributed by atoms with E-state index in [0.717, 1.165) is 4.34 Å². The Bertz CT molecular complexity index is 387. The summed E-state index contributed by atoms with van der Waals surface area (Å²) in [7, 11) is 0. The Hall–Kier alpha value is 0.430. The van der Waals surface area contributed by atoms with Gasteiger partial charge in [0.15, 0.2) is 0 Å². The molecule has 1 nitrogen and oxygen atoms in total. The summed E-state index contributed by atoms with van der Waals surface area (Å²) < 4.78 is 6.81. The van der Waals surface area contributed by atoms with Crippen LogP contribution in [0, 0.1) is 18.8 Å². The van der Waals surface area contributed by atoms with Crippen LogP contribution in [-0.2, 0) is 4.74 Å². The van der Waals surface area contributed by atoms with Crippen LogP contribution in [0.2, 0.25) is 4.34 Å². The summed E-state index contributed by atoms with van der Waals surface area (Å²) in [6.07, 6.45) is 0.636. The van der Waals surface area contributed by atoms with Gasteiger partial charge in [0.05, 0.1) is 21.4 Å². The van der Waals surface area contributed by atoms with E-state index < -0.39 is 0 Å². The van der Waals surface area contributed by atoms with Gasteiger partial charge in [-0.3, -0.25) is 0 Å². The second-order valence-corrected chi connectivity index (χ2v) is 7.66. The molecule has 0 aliphatic carbocycles. The van der Waals surface area contributed by atoms with E-state index in [9.17, 15) is 0 Å². The summed E-state index contributed by atoms with van der Waals surface area (Å²) in [5.74, 6) is 1.08. The van der Waals surface area contributed by atoms with Gasteiger partial charge >= 0.3 is 0 Å². The molecule has 0 radical (unpaired) electrons. The molecule has 96 valence electrons. The third-order valence-corrected chi connectivity index (χ3v) is 6.85. The van der Waals surface area contributed by atoms with E-state index in [-0.39, 0.29) is 0 Å². The second kappa shape index (κ2) is 5.20. The molecule has 5 unspecified atom stereocenters. The van der Waals surface area contributed by atoms with Crippen LogP contribution in [0.15, 0.2) is 6.07 Å².